The first-order chi connectivity index (χ1) is 9.08. The van der Waals surface area contributed by atoms with Crippen LogP contribution in [0.15, 0.2) is 0 Å². The third-order valence-electron chi connectivity index (χ3n) is 4.76. The highest BCUT2D eigenvalue weighted by molar-refractivity contribution is 5.86. The fourth-order valence-corrected chi connectivity index (χ4v) is 3.61. The summed E-state index contributed by atoms with van der Waals surface area (Å²) in [6.07, 6.45) is 0.999. The van der Waals surface area contributed by atoms with E-state index in [4.69, 9.17) is 4.74 Å². The number of amides is 1. The van der Waals surface area contributed by atoms with Crippen molar-refractivity contribution in [1.82, 2.24) is 4.90 Å². The normalized spacial score (nSPS) is 38.7. The monoisotopic (exact) mass is 268 g/mol. The van der Waals surface area contributed by atoms with E-state index in [0.29, 0.717) is 13.1 Å². The Morgan fingerprint density at radius 1 is 1.16 bits per heavy atom. The molecule has 2 bridgehead atoms. The first-order valence-electron chi connectivity index (χ1n) is 7.04. The highest BCUT2D eigenvalue weighted by Crippen LogP contribution is 2.44. The van der Waals surface area contributed by atoms with Gasteiger partial charge in [0.25, 0.3) is 0 Å². The average molecular weight is 268 g/mol. The zero-order chi connectivity index (χ0) is 13.6. The molecule has 6 nitrogen and oxygen atoms in total. The van der Waals surface area contributed by atoms with Gasteiger partial charge in [-0.25, -0.2) is 0 Å². The third-order valence-corrected chi connectivity index (χ3v) is 4.76. The van der Waals surface area contributed by atoms with Gasteiger partial charge in [-0.15, -0.1) is 0 Å². The van der Waals surface area contributed by atoms with Crippen LogP contribution in [0.1, 0.15) is 12.8 Å². The van der Waals surface area contributed by atoms with Crippen LogP contribution in [0.5, 0.6) is 0 Å². The van der Waals surface area contributed by atoms with E-state index >= 15 is 0 Å². The molecular weight excluding hydrogens is 248 g/mol. The number of hydrogen-bond donors (Lipinski definition) is 1. The van der Waals surface area contributed by atoms with Gasteiger partial charge in [0.05, 0.1) is 51.4 Å². The zero-order valence-electron chi connectivity index (χ0n) is 11.1. The smallest absolute Gasteiger partial charge is 0.229 e. The van der Waals surface area contributed by atoms with Gasteiger partial charge in [0.2, 0.25) is 5.91 Å². The molecule has 19 heavy (non-hydrogen) atoms. The molecule has 0 aromatic rings. The maximum absolute atomic E-state index is 12.6. The number of quaternary nitrogens is 1. The van der Waals surface area contributed by atoms with Crippen LogP contribution < -0.4 is 10.0 Å². The minimum Gasteiger partial charge on any atom is -0.550 e. The molecule has 0 saturated carbocycles. The van der Waals surface area contributed by atoms with Gasteiger partial charge in [0.1, 0.15) is 0 Å². The van der Waals surface area contributed by atoms with Crippen molar-refractivity contribution >= 4 is 11.9 Å². The predicted octanol–water partition coefficient (Wildman–Crippen LogP) is -3.11. The molecule has 3 fully saturated rings. The molecule has 3 saturated heterocycles. The second-order valence-corrected chi connectivity index (χ2v) is 5.94. The summed E-state index contributed by atoms with van der Waals surface area (Å²) >= 11 is 0. The molecular formula is C13H20N2O4. The van der Waals surface area contributed by atoms with Crippen molar-refractivity contribution in [3.05, 3.63) is 0 Å². The van der Waals surface area contributed by atoms with Crippen molar-refractivity contribution in [3.63, 3.8) is 0 Å². The van der Waals surface area contributed by atoms with Gasteiger partial charge in [0.15, 0.2) is 0 Å². The summed E-state index contributed by atoms with van der Waals surface area (Å²) in [5.74, 6) is -2.46. The number of carboxylic acids is 1. The van der Waals surface area contributed by atoms with E-state index in [2.05, 4.69) is 7.05 Å². The lowest BCUT2D eigenvalue weighted by atomic mass is 9.78. The quantitative estimate of drug-likeness (QED) is 0.575. The molecule has 3 aliphatic heterocycles. The molecule has 0 aromatic carbocycles. The molecule has 0 aromatic heterocycles. The Hall–Kier alpha value is -1.14. The number of fused-ring (bicyclic) bond motifs is 2. The molecule has 3 aliphatic rings. The molecule has 4 atom stereocenters. The summed E-state index contributed by atoms with van der Waals surface area (Å²) in [6.45, 7) is 3.25. The van der Waals surface area contributed by atoms with Gasteiger partial charge in [-0.05, 0) is 12.8 Å². The van der Waals surface area contributed by atoms with Crippen LogP contribution in [0, 0.1) is 11.8 Å². The van der Waals surface area contributed by atoms with Crippen LogP contribution in [-0.2, 0) is 14.3 Å². The Morgan fingerprint density at radius 2 is 1.74 bits per heavy atom. The summed E-state index contributed by atoms with van der Waals surface area (Å²) < 4.78 is 5.62. The second-order valence-electron chi connectivity index (χ2n) is 5.94. The van der Waals surface area contributed by atoms with Crippen molar-refractivity contribution in [3.8, 4) is 0 Å². The number of carbonyl (C=O) groups is 2. The molecule has 1 amide bonds. The van der Waals surface area contributed by atoms with Crippen LogP contribution in [0.3, 0.4) is 0 Å². The van der Waals surface area contributed by atoms with Gasteiger partial charge in [-0.2, -0.15) is 0 Å². The first-order valence-corrected chi connectivity index (χ1v) is 7.04. The summed E-state index contributed by atoms with van der Waals surface area (Å²) in [6, 6.07) is 0. The van der Waals surface area contributed by atoms with Crippen LogP contribution in [0.4, 0.5) is 0 Å². The number of hydrogen-bond acceptors (Lipinski definition) is 4. The van der Waals surface area contributed by atoms with Crippen LogP contribution in [-0.4, -0.2) is 62.2 Å². The van der Waals surface area contributed by atoms with Crippen molar-refractivity contribution in [2.45, 2.75) is 25.0 Å². The minimum absolute atomic E-state index is 0.0473. The predicted molar refractivity (Wildman–Crippen MR) is 63.1 cm³/mol. The Labute approximate surface area is 112 Å². The molecule has 3 rings (SSSR count). The van der Waals surface area contributed by atoms with Crippen LogP contribution in [0.25, 0.3) is 0 Å². The van der Waals surface area contributed by atoms with Crippen LogP contribution >= 0.6 is 0 Å². The first kappa shape index (κ1) is 12.9. The van der Waals surface area contributed by atoms with E-state index in [0.717, 1.165) is 25.9 Å². The number of carbonyl (C=O) groups excluding carboxylic acids is 2. The maximum atomic E-state index is 12.6. The third kappa shape index (κ3) is 2.12. The van der Waals surface area contributed by atoms with Crippen molar-refractivity contribution in [1.29, 1.82) is 0 Å². The van der Waals surface area contributed by atoms with Gasteiger partial charge < -0.3 is 24.4 Å². The minimum atomic E-state index is -1.13. The number of rotatable bonds is 2. The molecule has 6 heteroatoms. The van der Waals surface area contributed by atoms with E-state index in [1.54, 1.807) is 4.90 Å². The largest absolute Gasteiger partial charge is 0.550 e. The lowest BCUT2D eigenvalue weighted by Gasteiger charge is -2.35. The zero-order valence-corrected chi connectivity index (χ0v) is 11.1. The number of nitrogens with zero attached hydrogens (tertiary/aromatic N) is 1. The van der Waals surface area contributed by atoms with E-state index in [-0.39, 0.29) is 18.1 Å². The molecule has 0 spiro atoms. The summed E-state index contributed by atoms with van der Waals surface area (Å²) in [7, 11) is 2.10. The number of aliphatic carboxylic acids is 1. The molecule has 0 unspecified atom stereocenters. The Kier molecular flexibility index (Phi) is 3.22. The number of ether oxygens (including phenoxy) is 1. The van der Waals surface area contributed by atoms with Gasteiger partial charge in [-0.1, -0.05) is 0 Å². The van der Waals surface area contributed by atoms with Gasteiger partial charge in [-0.3, -0.25) is 4.79 Å². The SMILES string of the molecule is C[NH+]1CCN(C(=O)[C@@H]2[C@@H](C(=O)[O-])[C@H]3CC[C@@H]2O3)CC1. The van der Waals surface area contributed by atoms with Gasteiger partial charge >= 0.3 is 0 Å². The van der Waals surface area contributed by atoms with Gasteiger partial charge in [0, 0.05) is 11.9 Å². The second kappa shape index (κ2) is 4.76. The highest BCUT2D eigenvalue weighted by Gasteiger charge is 2.53. The molecule has 106 valence electrons. The lowest BCUT2D eigenvalue weighted by molar-refractivity contribution is -0.883. The lowest BCUT2D eigenvalue weighted by Crippen LogP contribution is -3.12. The Balaban J connectivity index is 1.73. The number of carboxylic acid groups (broad SMARTS) is 1. The number of likely N-dealkylation sites (N-methyl/N-ethyl adjacent to an activating group) is 1. The maximum Gasteiger partial charge on any atom is 0.229 e. The van der Waals surface area contributed by atoms with Crippen molar-refractivity contribution < 1.29 is 24.3 Å². The standard InChI is InChI=1S/C13H20N2O4/c1-14-4-6-15(7-5-14)12(16)10-8-2-3-9(19-8)11(10)13(17)18/h8-11H,2-7H2,1H3,(H,17,18)/t8-,9+,10-,11-/m0/s1. The molecule has 0 aliphatic carbocycles. The summed E-state index contributed by atoms with van der Waals surface area (Å²) in [5, 5.41) is 11.3. The Bertz CT molecular complexity index is 392. The number of piperazine rings is 1. The molecule has 3 heterocycles. The van der Waals surface area contributed by atoms with E-state index < -0.39 is 17.8 Å². The topological polar surface area (TPSA) is 74.1 Å². The molecule has 0 radical (unpaired) electrons. The summed E-state index contributed by atoms with van der Waals surface area (Å²) in [4.78, 5) is 27.0. The average Bonchev–Trinajstić information content (AvgIpc) is 2.98. The van der Waals surface area contributed by atoms with E-state index in [1.807, 2.05) is 0 Å². The number of nitrogens with one attached hydrogen (secondary N) is 1. The fourth-order valence-electron chi connectivity index (χ4n) is 3.61. The molecule has 1 N–H and O–H groups in total. The highest BCUT2D eigenvalue weighted by atomic mass is 16.5. The van der Waals surface area contributed by atoms with Crippen molar-refractivity contribution in [2.75, 3.05) is 33.2 Å². The van der Waals surface area contributed by atoms with E-state index in [1.165, 1.54) is 4.90 Å². The Morgan fingerprint density at radius 3 is 2.32 bits per heavy atom. The fraction of sp³-hybridized carbons (Fsp3) is 0.846. The van der Waals surface area contributed by atoms with Crippen molar-refractivity contribution in [2.24, 2.45) is 11.8 Å². The van der Waals surface area contributed by atoms with E-state index in [9.17, 15) is 14.7 Å². The summed E-state index contributed by atoms with van der Waals surface area (Å²) in [5.41, 5.74) is 0. The van der Waals surface area contributed by atoms with Crippen LogP contribution in [0.2, 0.25) is 0 Å².